The SMILES string of the molecule is COc1cccc(C(=O)N2CCCN(CC3CN(C(=O)COc4ccc(Cl)cc4)CCO3)CC2)c1. The second-order valence-electron chi connectivity index (χ2n) is 8.75. The first-order valence-electron chi connectivity index (χ1n) is 12.0. The fourth-order valence-electron chi connectivity index (χ4n) is 4.41. The van der Waals surface area contributed by atoms with Crippen LogP contribution in [0.5, 0.6) is 11.5 Å². The van der Waals surface area contributed by atoms with Gasteiger partial charge in [0.05, 0.1) is 19.8 Å². The fraction of sp³-hybridized carbons (Fsp3) is 0.462. The van der Waals surface area contributed by atoms with Crippen LogP contribution in [0.4, 0.5) is 0 Å². The summed E-state index contributed by atoms with van der Waals surface area (Å²) < 4.78 is 16.8. The zero-order chi connectivity index (χ0) is 24.6. The molecule has 2 aliphatic heterocycles. The van der Waals surface area contributed by atoms with Crippen LogP contribution in [0, 0.1) is 0 Å². The average molecular weight is 502 g/mol. The maximum Gasteiger partial charge on any atom is 0.260 e. The Labute approximate surface area is 211 Å². The van der Waals surface area contributed by atoms with Crippen molar-refractivity contribution in [2.24, 2.45) is 0 Å². The molecule has 2 heterocycles. The summed E-state index contributed by atoms with van der Waals surface area (Å²) in [7, 11) is 1.60. The highest BCUT2D eigenvalue weighted by Gasteiger charge is 2.28. The van der Waals surface area contributed by atoms with Gasteiger partial charge in [0.25, 0.3) is 11.8 Å². The lowest BCUT2D eigenvalue weighted by atomic mass is 10.2. The van der Waals surface area contributed by atoms with Gasteiger partial charge in [-0.05, 0) is 55.4 Å². The van der Waals surface area contributed by atoms with Crippen LogP contribution in [0.15, 0.2) is 48.5 Å². The van der Waals surface area contributed by atoms with Crippen molar-refractivity contribution >= 4 is 23.4 Å². The number of rotatable bonds is 7. The molecule has 9 heteroatoms. The Hall–Kier alpha value is -2.81. The van der Waals surface area contributed by atoms with E-state index in [2.05, 4.69) is 4.90 Å². The number of ether oxygens (including phenoxy) is 3. The van der Waals surface area contributed by atoms with Crippen molar-refractivity contribution in [2.75, 3.05) is 66.1 Å². The van der Waals surface area contributed by atoms with E-state index < -0.39 is 0 Å². The van der Waals surface area contributed by atoms with Crippen LogP contribution < -0.4 is 9.47 Å². The summed E-state index contributed by atoms with van der Waals surface area (Å²) in [5.74, 6) is 1.26. The monoisotopic (exact) mass is 501 g/mol. The van der Waals surface area contributed by atoms with Crippen LogP contribution in [0.25, 0.3) is 0 Å². The number of hydrogen-bond donors (Lipinski definition) is 0. The van der Waals surface area contributed by atoms with Gasteiger partial charge in [-0.1, -0.05) is 17.7 Å². The van der Waals surface area contributed by atoms with E-state index in [0.717, 1.165) is 26.1 Å². The molecular formula is C26H32ClN3O5. The zero-order valence-electron chi connectivity index (χ0n) is 20.0. The first kappa shape index (κ1) is 25.3. The third-order valence-electron chi connectivity index (χ3n) is 6.32. The molecule has 2 aromatic rings. The summed E-state index contributed by atoms with van der Waals surface area (Å²) in [5, 5.41) is 0.626. The highest BCUT2D eigenvalue weighted by molar-refractivity contribution is 6.30. The van der Waals surface area contributed by atoms with Crippen molar-refractivity contribution in [3.05, 3.63) is 59.1 Å². The molecule has 4 rings (SSSR count). The van der Waals surface area contributed by atoms with Gasteiger partial charge in [-0.3, -0.25) is 14.5 Å². The van der Waals surface area contributed by atoms with Crippen LogP contribution in [-0.2, 0) is 9.53 Å². The van der Waals surface area contributed by atoms with E-state index in [1.807, 2.05) is 23.1 Å². The van der Waals surface area contributed by atoms with Crippen molar-refractivity contribution < 1.29 is 23.8 Å². The van der Waals surface area contributed by atoms with Crippen molar-refractivity contribution in [1.29, 1.82) is 0 Å². The first-order chi connectivity index (χ1) is 17.0. The molecule has 8 nitrogen and oxygen atoms in total. The minimum Gasteiger partial charge on any atom is -0.497 e. The zero-order valence-corrected chi connectivity index (χ0v) is 20.8. The minimum atomic E-state index is -0.0659. The maximum absolute atomic E-state index is 13.0. The van der Waals surface area contributed by atoms with Gasteiger partial charge in [-0.2, -0.15) is 0 Å². The standard InChI is InChI=1S/C26H32ClN3O5/c1-33-23-5-2-4-20(16-23)26(32)29-11-3-10-28(12-13-29)17-24-18-30(14-15-34-24)25(31)19-35-22-8-6-21(27)7-9-22/h2,4-9,16,24H,3,10-15,17-19H2,1H3. The Morgan fingerprint density at radius 1 is 1.00 bits per heavy atom. The Morgan fingerprint density at radius 2 is 1.83 bits per heavy atom. The number of carbonyl (C=O) groups is 2. The van der Waals surface area contributed by atoms with E-state index in [1.165, 1.54) is 0 Å². The number of benzene rings is 2. The maximum atomic E-state index is 13.0. The summed E-state index contributed by atoms with van der Waals surface area (Å²) in [6.07, 6.45) is 0.823. The normalized spacial score (nSPS) is 19.2. The highest BCUT2D eigenvalue weighted by Crippen LogP contribution is 2.18. The summed E-state index contributed by atoms with van der Waals surface area (Å²) in [5.41, 5.74) is 0.642. The average Bonchev–Trinajstić information content (AvgIpc) is 3.13. The Morgan fingerprint density at radius 3 is 2.63 bits per heavy atom. The van der Waals surface area contributed by atoms with E-state index in [0.29, 0.717) is 54.9 Å². The quantitative estimate of drug-likeness (QED) is 0.581. The van der Waals surface area contributed by atoms with E-state index >= 15 is 0 Å². The number of carbonyl (C=O) groups excluding carboxylic acids is 2. The number of amides is 2. The van der Waals surface area contributed by atoms with Crippen molar-refractivity contribution in [2.45, 2.75) is 12.5 Å². The number of methoxy groups -OCH3 is 1. The lowest BCUT2D eigenvalue weighted by molar-refractivity contribution is -0.141. The van der Waals surface area contributed by atoms with E-state index in [-0.39, 0.29) is 24.5 Å². The molecule has 0 aliphatic carbocycles. The van der Waals surface area contributed by atoms with Crippen molar-refractivity contribution in [3.63, 3.8) is 0 Å². The second kappa shape index (κ2) is 12.2. The van der Waals surface area contributed by atoms with Gasteiger partial charge in [0.1, 0.15) is 11.5 Å². The molecule has 0 bridgehead atoms. The molecule has 0 N–H and O–H groups in total. The number of hydrogen-bond acceptors (Lipinski definition) is 6. The molecule has 2 saturated heterocycles. The molecule has 0 spiro atoms. The second-order valence-corrected chi connectivity index (χ2v) is 9.19. The van der Waals surface area contributed by atoms with Crippen LogP contribution >= 0.6 is 11.6 Å². The van der Waals surface area contributed by atoms with E-state index in [1.54, 1.807) is 42.3 Å². The molecule has 0 saturated carbocycles. The molecule has 0 radical (unpaired) electrons. The van der Waals surface area contributed by atoms with Gasteiger partial charge < -0.3 is 24.0 Å². The number of morpholine rings is 1. The Balaban J connectivity index is 1.24. The molecule has 1 unspecified atom stereocenters. The highest BCUT2D eigenvalue weighted by atomic mass is 35.5. The molecule has 2 aliphatic rings. The van der Waals surface area contributed by atoms with Gasteiger partial charge >= 0.3 is 0 Å². The predicted octanol–water partition coefficient (Wildman–Crippen LogP) is 2.80. The van der Waals surface area contributed by atoms with Crippen LogP contribution in [0.1, 0.15) is 16.8 Å². The van der Waals surface area contributed by atoms with Gasteiger partial charge in [-0.25, -0.2) is 0 Å². The summed E-state index contributed by atoms with van der Waals surface area (Å²) >= 11 is 5.89. The van der Waals surface area contributed by atoms with Crippen LogP contribution in [-0.4, -0.2) is 98.8 Å². The third-order valence-corrected chi connectivity index (χ3v) is 6.57. The van der Waals surface area contributed by atoms with Gasteiger partial charge in [-0.15, -0.1) is 0 Å². The molecule has 35 heavy (non-hydrogen) atoms. The molecule has 188 valence electrons. The van der Waals surface area contributed by atoms with Crippen molar-refractivity contribution in [1.82, 2.24) is 14.7 Å². The lowest BCUT2D eigenvalue weighted by Gasteiger charge is -2.35. The smallest absolute Gasteiger partial charge is 0.260 e. The molecule has 1 atom stereocenters. The van der Waals surface area contributed by atoms with E-state index in [4.69, 9.17) is 25.8 Å². The molecular weight excluding hydrogens is 470 g/mol. The van der Waals surface area contributed by atoms with Crippen LogP contribution in [0.2, 0.25) is 5.02 Å². The van der Waals surface area contributed by atoms with Crippen molar-refractivity contribution in [3.8, 4) is 11.5 Å². The Bertz CT molecular complexity index is 1000. The van der Waals surface area contributed by atoms with E-state index in [9.17, 15) is 9.59 Å². The summed E-state index contributed by atoms with van der Waals surface area (Å²) in [6, 6.07) is 14.2. The largest absolute Gasteiger partial charge is 0.497 e. The Kier molecular flexibility index (Phi) is 8.84. The molecule has 2 fully saturated rings. The van der Waals surface area contributed by atoms with Crippen LogP contribution in [0.3, 0.4) is 0 Å². The third kappa shape index (κ3) is 7.10. The van der Waals surface area contributed by atoms with Gasteiger partial charge in [0.15, 0.2) is 6.61 Å². The summed E-state index contributed by atoms with van der Waals surface area (Å²) in [6.45, 7) is 5.32. The number of nitrogens with zero attached hydrogens (tertiary/aromatic N) is 3. The first-order valence-corrected chi connectivity index (χ1v) is 12.3. The molecule has 2 amide bonds. The molecule has 0 aromatic heterocycles. The fourth-order valence-corrected chi connectivity index (χ4v) is 4.53. The minimum absolute atomic E-state index is 0.0145. The number of halogens is 1. The lowest BCUT2D eigenvalue weighted by Crippen LogP contribution is -2.51. The topological polar surface area (TPSA) is 71.6 Å². The predicted molar refractivity (Wildman–Crippen MR) is 133 cm³/mol. The van der Waals surface area contributed by atoms with Gasteiger partial charge in [0.2, 0.25) is 0 Å². The van der Waals surface area contributed by atoms with Gasteiger partial charge in [0, 0.05) is 49.9 Å². The molecule has 2 aromatic carbocycles. The summed E-state index contributed by atoms with van der Waals surface area (Å²) in [4.78, 5) is 31.7.